The second-order valence-electron chi connectivity index (χ2n) is 4.61. The number of thiazole rings is 1. The lowest BCUT2D eigenvalue weighted by molar-refractivity contribution is 0.119. The lowest BCUT2D eigenvalue weighted by atomic mass is 10.4. The zero-order chi connectivity index (χ0) is 13.8. The number of hydrogen-bond donors (Lipinski definition) is 0. The third-order valence-corrected chi connectivity index (χ3v) is 3.84. The van der Waals surface area contributed by atoms with Crippen LogP contribution >= 0.6 is 11.3 Å². The highest BCUT2D eigenvalue weighted by molar-refractivity contribution is 7.09. The van der Waals surface area contributed by atoms with Gasteiger partial charge in [0.05, 0.1) is 11.4 Å². The minimum Gasteiger partial charge on any atom is -0.375 e. The van der Waals surface area contributed by atoms with Gasteiger partial charge in [0.15, 0.2) is 0 Å². The Bertz CT molecular complexity index is 524. The molecule has 104 valence electrons. The zero-order valence-corrected chi connectivity index (χ0v) is 12.5. The van der Waals surface area contributed by atoms with E-state index >= 15 is 0 Å². The van der Waals surface area contributed by atoms with Gasteiger partial charge in [-0.25, -0.2) is 4.98 Å². The summed E-state index contributed by atoms with van der Waals surface area (Å²) in [7, 11) is 5.62. The molecular weight excluding hydrogens is 262 g/mol. The van der Waals surface area contributed by atoms with Gasteiger partial charge >= 0.3 is 0 Å². The fourth-order valence-corrected chi connectivity index (χ4v) is 2.60. The second kappa shape index (κ2) is 6.23. The third-order valence-electron chi connectivity index (χ3n) is 2.78. The van der Waals surface area contributed by atoms with Crippen LogP contribution in [0.1, 0.15) is 29.4 Å². The van der Waals surface area contributed by atoms with Crippen molar-refractivity contribution in [3.8, 4) is 0 Å². The summed E-state index contributed by atoms with van der Waals surface area (Å²) in [5, 5.41) is 11.1. The van der Waals surface area contributed by atoms with Crippen molar-refractivity contribution < 1.29 is 4.74 Å². The smallest absolute Gasteiger partial charge is 0.122 e. The van der Waals surface area contributed by atoms with Crippen molar-refractivity contribution in [3.05, 3.63) is 28.0 Å². The normalized spacial score (nSPS) is 13.1. The molecule has 6 nitrogen and oxygen atoms in total. The van der Waals surface area contributed by atoms with Crippen molar-refractivity contribution >= 4 is 11.3 Å². The van der Waals surface area contributed by atoms with Crippen molar-refractivity contribution in [2.24, 2.45) is 7.05 Å². The maximum Gasteiger partial charge on any atom is 0.122 e. The van der Waals surface area contributed by atoms with Gasteiger partial charge in [0.1, 0.15) is 11.1 Å². The highest BCUT2D eigenvalue weighted by Crippen LogP contribution is 2.21. The quantitative estimate of drug-likeness (QED) is 0.805. The predicted octanol–water partition coefficient (Wildman–Crippen LogP) is 1.61. The molecule has 0 aromatic carbocycles. The van der Waals surface area contributed by atoms with E-state index in [9.17, 15) is 0 Å². The van der Waals surface area contributed by atoms with E-state index in [0.717, 1.165) is 29.5 Å². The molecule has 1 atom stereocenters. The molecular formula is C12H19N5OS. The summed E-state index contributed by atoms with van der Waals surface area (Å²) in [5.74, 6) is 0. The van der Waals surface area contributed by atoms with Crippen molar-refractivity contribution in [3.63, 3.8) is 0 Å². The minimum atomic E-state index is 0.0593. The second-order valence-corrected chi connectivity index (χ2v) is 5.50. The van der Waals surface area contributed by atoms with Crippen LogP contribution in [-0.4, -0.2) is 39.0 Å². The summed E-state index contributed by atoms with van der Waals surface area (Å²) in [6.07, 6.45) is 1.99. The fraction of sp³-hybridized carbons (Fsp3) is 0.583. The molecule has 19 heavy (non-hydrogen) atoms. The topological polar surface area (TPSA) is 56.1 Å². The van der Waals surface area contributed by atoms with Gasteiger partial charge in [0, 0.05) is 38.8 Å². The molecule has 2 heterocycles. The largest absolute Gasteiger partial charge is 0.375 e. The van der Waals surface area contributed by atoms with Crippen LogP contribution in [0.25, 0.3) is 0 Å². The van der Waals surface area contributed by atoms with Gasteiger partial charge in [-0.3, -0.25) is 9.58 Å². The minimum absolute atomic E-state index is 0.0593. The van der Waals surface area contributed by atoms with Gasteiger partial charge in [-0.1, -0.05) is 5.21 Å². The first-order valence-corrected chi connectivity index (χ1v) is 6.97. The monoisotopic (exact) mass is 281 g/mol. The highest BCUT2D eigenvalue weighted by Gasteiger charge is 2.11. The number of aryl methyl sites for hydroxylation is 1. The maximum atomic E-state index is 5.27. The first kappa shape index (κ1) is 14.1. The summed E-state index contributed by atoms with van der Waals surface area (Å²) in [5.41, 5.74) is 2.03. The zero-order valence-electron chi connectivity index (χ0n) is 11.7. The molecule has 2 rings (SSSR count). The van der Waals surface area contributed by atoms with Gasteiger partial charge in [-0.2, -0.15) is 0 Å². The summed E-state index contributed by atoms with van der Waals surface area (Å²) >= 11 is 1.64. The first-order valence-electron chi connectivity index (χ1n) is 6.09. The molecule has 0 saturated carbocycles. The van der Waals surface area contributed by atoms with Crippen molar-refractivity contribution in [1.29, 1.82) is 0 Å². The molecule has 1 unspecified atom stereocenters. The average molecular weight is 281 g/mol. The van der Waals surface area contributed by atoms with E-state index in [4.69, 9.17) is 4.74 Å². The molecule has 0 amide bonds. The van der Waals surface area contributed by atoms with Gasteiger partial charge in [0.2, 0.25) is 0 Å². The van der Waals surface area contributed by atoms with E-state index < -0.39 is 0 Å². The molecule has 0 radical (unpaired) electrons. The van der Waals surface area contributed by atoms with Gasteiger partial charge in [0.25, 0.3) is 0 Å². The molecule has 0 aliphatic carbocycles. The van der Waals surface area contributed by atoms with E-state index in [-0.39, 0.29) is 6.10 Å². The summed E-state index contributed by atoms with van der Waals surface area (Å²) in [6.45, 7) is 3.57. The fourth-order valence-electron chi connectivity index (χ4n) is 1.76. The molecule has 0 saturated heterocycles. The summed E-state index contributed by atoms with van der Waals surface area (Å²) in [6, 6.07) is 0. The Morgan fingerprint density at radius 1 is 1.42 bits per heavy atom. The molecule has 0 aliphatic rings. The van der Waals surface area contributed by atoms with E-state index in [1.54, 1.807) is 23.1 Å². The van der Waals surface area contributed by atoms with Crippen LogP contribution in [-0.2, 0) is 24.9 Å². The Morgan fingerprint density at radius 3 is 2.79 bits per heavy atom. The lowest BCUT2D eigenvalue weighted by Gasteiger charge is -2.13. The number of aromatic nitrogens is 4. The van der Waals surface area contributed by atoms with Gasteiger partial charge in [-0.15, -0.1) is 16.4 Å². The molecule has 0 fully saturated rings. The predicted molar refractivity (Wildman–Crippen MR) is 73.7 cm³/mol. The van der Waals surface area contributed by atoms with E-state index in [1.165, 1.54) is 0 Å². The molecule has 0 bridgehead atoms. The van der Waals surface area contributed by atoms with Crippen LogP contribution in [0.4, 0.5) is 0 Å². The lowest BCUT2D eigenvalue weighted by Crippen LogP contribution is -2.17. The number of rotatable bonds is 6. The molecule has 0 aliphatic heterocycles. The van der Waals surface area contributed by atoms with Crippen molar-refractivity contribution in [1.82, 2.24) is 24.9 Å². The van der Waals surface area contributed by atoms with Crippen LogP contribution in [0.5, 0.6) is 0 Å². The van der Waals surface area contributed by atoms with E-state index in [0.29, 0.717) is 0 Å². The molecule has 2 aromatic rings. The van der Waals surface area contributed by atoms with Crippen molar-refractivity contribution in [2.45, 2.75) is 26.1 Å². The maximum absolute atomic E-state index is 5.27. The molecule has 2 aromatic heterocycles. The third kappa shape index (κ3) is 3.82. The number of ether oxygens (including phenoxy) is 1. The van der Waals surface area contributed by atoms with Crippen LogP contribution in [0, 0.1) is 0 Å². The number of hydrogen-bond acceptors (Lipinski definition) is 6. The standard InChI is InChI=1S/C12H19N5OS/c1-9(18-4)12-13-11(8-19-12)6-16(2)5-10-7-17(3)15-14-10/h7-9H,5-6H2,1-4H3. The highest BCUT2D eigenvalue weighted by atomic mass is 32.1. The van der Waals surface area contributed by atoms with Crippen molar-refractivity contribution in [2.75, 3.05) is 14.2 Å². The van der Waals surface area contributed by atoms with Crippen LogP contribution in [0.3, 0.4) is 0 Å². The molecule has 0 N–H and O–H groups in total. The summed E-state index contributed by atoms with van der Waals surface area (Å²) in [4.78, 5) is 6.75. The number of methoxy groups -OCH3 is 1. The van der Waals surface area contributed by atoms with Crippen LogP contribution in [0.2, 0.25) is 0 Å². The Balaban J connectivity index is 1.91. The SMILES string of the molecule is COC(C)c1nc(CN(C)Cc2cn(C)nn2)cs1. The molecule has 0 spiro atoms. The molecule has 7 heteroatoms. The van der Waals surface area contributed by atoms with Gasteiger partial charge < -0.3 is 4.74 Å². The Kier molecular flexibility index (Phi) is 4.62. The number of nitrogens with zero attached hydrogens (tertiary/aromatic N) is 5. The van der Waals surface area contributed by atoms with E-state index in [2.05, 4.69) is 25.6 Å². The Labute approximate surface area is 117 Å². The van der Waals surface area contributed by atoms with Crippen LogP contribution in [0.15, 0.2) is 11.6 Å². The average Bonchev–Trinajstić information content (AvgIpc) is 2.98. The van der Waals surface area contributed by atoms with Gasteiger partial charge in [-0.05, 0) is 14.0 Å². The first-order chi connectivity index (χ1) is 9.08. The van der Waals surface area contributed by atoms with Crippen LogP contribution < -0.4 is 0 Å². The summed E-state index contributed by atoms with van der Waals surface area (Å²) < 4.78 is 6.98. The Morgan fingerprint density at radius 2 is 2.16 bits per heavy atom. The Hall–Kier alpha value is -1.31. The van der Waals surface area contributed by atoms with E-state index in [1.807, 2.05) is 27.2 Å².